The zero-order valence-electron chi connectivity index (χ0n) is 17.5. The molecule has 1 aromatic carbocycles. The van der Waals surface area contributed by atoms with E-state index < -0.39 is 0 Å². The first-order valence-corrected chi connectivity index (χ1v) is 10.2. The van der Waals surface area contributed by atoms with Crippen LogP contribution in [-0.4, -0.2) is 30.5 Å². The van der Waals surface area contributed by atoms with Crippen molar-refractivity contribution in [1.82, 2.24) is 24.5 Å². The second-order valence-corrected chi connectivity index (χ2v) is 7.57. The van der Waals surface area contributed by atoms with Gasteiger partial charge in [0.15, 0.2) is 0 Å². The van der Waals surface area contributed by atoms with Gasteiger partial charge >= 0.3 is 0 Å². The molecule has 0 aliphatic heterocycles. The number of hydrogen-bond acceptors (Lipinski definition) is 4. The van der Waals surface area contributed by atoms with Crippen molar-refractivity contribution in [3.05, 3.63) is 85.0 Å². The molecule has 0 unspecified atom stereocenters. The summed E-state index contributed by atoms with van der Waals surface area (Å²) in [5.74, 6) is 0.878. The summed E-state index contributed by atoms with van der Waals surface area (Å²) in [4.78, 5) is 16.8. The maximum absolute atomic E-state index is 12.6. The lowest BCUT2D eigenvalue weighted by atomic mass is 10.1. The van der Waals surface area contributed by atoms with E-state index in [1.54, 1.807) is 40.1 Å². The zero-order chi connectivity index (χ0) is 21.6. The summed E-state index contributed by atoms with van der Waals surface area (Å²) in [6.45, 7) is 4.95. The highest BCUT2D eigenvalue weighted by molar-refractivity contribution is 6.01. The highest BCUT2D eigenvalue weighted by atomic mass is 16.1. The number of nitrogens with one attached hydrogen (secondary N) is 1. The molecule has 31 heavy (non-hydrogen) atoms. The van der Waals surface area contributed by atoms with Crippen molar-refractivity contribution in [3.63, 3.8) is 0 Å². The van der Waals surface area contributed by atoms with Crippen LogP contribution in [0.25, 0.3) is 23.0 Å². The van der Waals surface area contributed by atoms with Gasteiger partial charge in [-0.25, -0.2) is 9.36 Å². The Labute approximate surface area is 181 Å². The molecule has 0 fully saturated rings. The van der Waals surface area contributed by atoms with Gasteiger partial charge in [-0.05, 0) is 36.3 Å². The molecule has 4 rings (SSSR count). The number of carbonyl (C=O) groups is 1. The number of para-hydroxylation sites is 1. The van der Waals surface area contributed by atoms with Crippen molar-refractivity contribution in [2.45, 2.75) is 20.4 Å². The number of amides is 1. The van der Waals surface area contributed by atoms with Crippen LogP contribution in [0.4, 0.5) is 5.82 Å². The molecule has 0 bridgehead atoms. The topological polar surface area (TPSA) is 77.6 Å². The van der Waals surface area contributed by atoms with Gasteiger partial charge in [-0.1, -0.05) is 32.0 Å². The van der Waals surface area contributed by atoms with Crippen LogP contribution in [0.15, 0.2) is 79.4 Å². The van der Waals surface area contributed by atoms with Gasteiger partial charge in [0.1, 0.15) is 11.5 Å². The standard InChI is InChI=1S/C24H24N6O/c1-18(2)16-30-22(12-14-26-30)27-23(31)11-10-20-17-29(21-8-4-3-5-9-21)28-24(20)19-7-6-13-25-15-19/h3-15,17-18H,16H2,1-2H3,(H,27,31)/b11-10+. The third kappa shape index (κ3) is 4.95. The van der Waals surface area contributed by atoms with E-state index in [0.29, 0.717) is 11.7 Å². The Bertz CT molecular complexity index is 1180. The molecule has 0 aliphatic rings. The van der Waals surface area contributed by atoms with Crippen LogP contribution in [0, 0.1) is 5.92 Å². The SMILES string of the molecule is CC(C)Cn1nccc1NC(=O)/C=C/c1cn(-c2ccccc2)nc1-c1cccnc1. The number of carbonyl (C=O) groups excluding carboxylic acids is 1. The summed E-state index contributed by atoms with van der Waals surface area (Å²) in [6.07, 6.45) is 10.4. The number of nitrogens with zero attached hydrogens (tertiary/aromatic N) is 5. The molecule has 0 aliphatic carbocycles. The van der Waals surface area contributed by atoms with Crippen molar-refractivity contribution < 1.29 is 4.79 Å². The number of anilines is 1. The van der Waals surface area contributed by atoms with E-state index in [2.05, 4.69) is 29.2 Å². The Kier molecular flexibility index (Phi) is 6.03. The number of pyridine rings is 1. The average Bonchev–Trinajstić information content (AvgIpc) is 3.40. The average molecular weight is 412 g/mol. The highest BCUT2D eigenvalue weighted by Crippen LogP contribution is 2.24. The fourth-order valence-electron chi connectivity index (χ4n) is 3.21. The Morgan fingerprint density at radius 3 is 2.68 bits per heavy atom. The van der Waals surface area contributed by atoms with Crippen LogP contribution >= 0.6 is 0 Å². The number of benzene rings is 1. The highest BCUT2D eigenvalue weighted by Gasteiger charge is 2.12. The van der Waals surface area contributed by atoms with Gasteiger partial charge in [0.2, 0.25) is 5.91 Å². The number of rotatable bonds is 7. The molecule has 4 aromatic rings. The summed E-state index contributed by atoms with van der Waals surface area (Å²) >= 11 is 0. The fourth-order valence-corrected chi connectivity index (χ4v) is 3.21. The summed E-state index contributed by atoms with van der Waals surface area (Å²) < 4.78 is 3.60. The molecule has 0 radical (unpaired) electrons. The van der Waals surface area contributed by atoms with E-state index in [4.69, 9.17) is 5.10 Å². The normalized spacial score (nSPS) is 11.3. The first-order valence-electron chi connectivity index (χ1n) is 10.2. The third-order valence-corrected chi connectivity index (χ3v) is 4.62. The lowest BCUT2D eigenvalue weighted by Gasteiger charge is -2.09. The Morgan fingerprint density at radius 1 is 1.10 bits per heavy atom. The molecule has 1 N–H and O–H groups in total. The maximum atomic E-state index is 12.6. The maximum Gasteiger partial charge on any atom is 0.249 e. The van der Waals surface area contributed by atoms with E-state index in [9.17, 15) is 4.79 Å². The second-order valence-electron chi connectivity index (χ2n) is 7.57. The predicted molar refractivity (Wildman–Crippen MR) is 122 cm³/mol. The summed E-state index contributed by atoms with van der Waals surface area (Å²) in [5, 5.41) is 11.9. The predicted octanol–water partition coefficient (Wildman–Crippen LogP) is 4.44. The first-order chi connectivity index (χ1) is 15.1. The van der Waals surface area contributed by atoms with Crippen molar-refractivity contribution in [2.24, 2.45) is 5.92 Å². The van der Waals surface area contributed by atoms with Gasteiger partial charge in [0, 0.05) is 48.4 Å². The minimum absolute atomic E-state index is 0.227. The van der Waals surface area contributed by atoms with Crippen LogP contribution in [0.2, 0.25) is 0 Å². The molecule has 3 heterocycles. The van der Waals surface area contributed by atoms with E-state index in [0.717, 1.165) is 29.1 Å². The molecule has 3 aromatic heterocycles. The minimum atomic E-state index is -0.227. The van der Waals surface area contributed by atoms with Gasteiger partial charge in [-0.3, -0.25) is 9.78 Å². The van der Waals surface area contributed by atoms with Crippen molar-refractivity contribution in [2.75, 3.05) is 5.32 Å². The first kappa shape index (κ1) is 20.3. The molecular formula is C24H24N6O. The molecular weight excluding hydrogens is 388 g/mol. The molecule has 1 amide bonds. The summed E-state index contributed by atoms with van der Waals surface area (Å²) in [7, 11) is 0. The van der Waals surface area contributed by atoms with Crippen LogP contribution in [0.5, 0.6) is 0 Å². The third-order valence-electron chi connectivity index (χ3n) is 4.62. The van der Waals surface area contributed by atoms with Crippen LogP contribution < -0.4 is 5.32 Å². The summed E-state index contributed by atoms with van der Waals surface area (Å²) in [6, 6.07) is 15.5. The van der Waals surface area contributed by atoms with E-state index in [-0.39, 0.29) is 5.91 Å². The van der Waals surface area contributed by atoms with Crippen molar-refractivity contribution in [3.8, 4) is 16.9 Å². The Hall–Kier alpha value is -4.00. The molecule has 7 nitrogen and oxygen atoms in total. The minimum Gasteiger partial charge on any atom is -0.307 e. The van der Waals surface area contributed by atoms with Gasteiger partial charge < -0.3 is 5.32 Å². The Morgan fingerprint density at radius 2 is 1.94 bits per heavy atom. The lowest BCUT2D eigenvalue weighted by molar-refractivity contribution is -0.111. The van der Waals surface area contributed by atoms with E-state index >= 15 is 0 Å². The smallest absolute Gasteiger partial charge is 0.249 e. The number of aromatic nitrogens is 5. The Balaban J connectivity index is 1.60. The molecule has 0 spiro atoms. The monoisotopic (exact) mass is 412 g/mol. The zero-order valence-corrected chi connectivity index (χ0v) is 17.5. The largest absolute Gasteiger partial charge is 0.307 e. The molecule has 0 saturated carbocycles. The van der Waals surface area contributed by atoms with Crippen LogP contribution in [0.1, 0.15) is 19.4 Å². The second kappa shape index (κ2) is 9.21. The molecule has 0 atom stereocenters. The van der Waals surface area contributed by atoms with Gasteiger partial charge in [-0.15, -0.1) is 0 Å². The van der Waals surface area contributed by atoms with Gasteiger partial charge in [0.05, 0.1) is 11.9 Å². The fraction of sp³-hybridized carbons (Fsp3) is 0.167. The van der Waals surface area contributed by atoms with Gasteiger partial charge in [-0.2, -0.15) is 10.2 Å². The van der Waals surface area contributed by atoms with Crippen LogP contribution in [0.3, 0.4) is 0 Å². The van der Waals surface area contributed by atoms with Crippen molar-refractivity contribution in [1.29, 1.82) is 0 Å². The summed E-state index contributed by atoms with van der Waals surface area (Å²) in [5.41, 5.74) is 3.40. The van der Waals surface area contributed by atoms with Gasteiger partial charge in [0.25, 0.3) is 0 Å². The van der Waals surface area contributed by atoms with Crippen molar-refractivity contribution >= 4 is 17.8 Å². The molecule has 7 heteroatoms. The quantitative estimate of drug-likeness (QED) is 0.455. The lowest BCUT2D eigenvalue weighted by Crippen LogP contribution is -2.15. The molecule has 0 saturated heterocycles. The van der Waals surface area contributed by atoms with E-state index in [1.807, 2.05) is 48.7 Å². The molecule has 156 valence electrons. The van der Waals surface area contributed by atoms with Crippen LogP contribution in [-0.2, 0) is 11.3 Å². The number of hydrogen-bond donors (Lipinski definition) is 1. The van der Waals surface area contributed by atoms with E-state index in [1.165, 1.54) is 6.08 Å².